The lowest BCUT2D eigenvalue weighted by molar-refractivity contribution is -0.180. The van der Waals surface area contributed by atoms with Gasteiger partial charge in [0.2, 0.25) is 5.91 Å². The van der Waals surface area contributed by atoms with Crippen LogP contribution in [0.3, 0.4) is 0 Å². The van der Waals surface area contributed by atoms with E-state index in [9.17, 15) is 9.59 Å². The highest BCUT2D eigenvalue weighted by Crippen LogP contribution is 2.44. The third kappa shape index (κ3) is 5.12. The maximum Gasteiger partial charge on any atom is 0.253 e. The highest BCUT2D eigenvalue weighted by Gasteiger charge is 2.47. The van der Waals surface area contributed by atoms with E-state index in [-0.39, 0.29) is 5.91 Å². The van der Waals surface area contributed by atoms with Gasteiger partial charge in [-0.25, -0.2) is 0 Å². The van der Waals surface area contributed by atoms with Crippen molar-refractivity contribution in [2.75, 3.05) is 0 Å². The first kappa shape index (κ1) is 23.3. The molecule has 164 valence electrons. The molecule has 7 heteroatoms. The van der Waals surface area contributed by atoms with E-state index in [0.29, 0.717) is 29.3 Å². The minimum absolute atomic E-state index is 0.276. The van der Waals surface area contributed by atoms with Gasteiger partial charge >= 0.3 is 0 Å². The average Bonchev–Trinajstić information content (AvgIpc) is 2.75. The number of hydrogen-bond acceptors (Lipinski definition) is 3. The molecule has 0 spiro atoms. The van der Waals surface area contributed by atoms with Crippen LogP contribution < -0.4 is 5.73 Å². The Bertz CT molecular complexity index is 931. The molecule has 0 aromatic heterocycles. The number of carbonyl (C=O) groups is 2. The molecule has 1 heterocycles. The molecule has 2 amide bonds. The van der Waals surface area contributed by atoms with Crippen molar-refractivity contribution in [2.45, 2.75) is 50.5 Å². The number of rotatable bonds is 8. The van der Waals surface area contributed by atoms with E-state index in [2.05, 4.69) is 6.58 Å². The van der Waals surface area contributed by atoms with Crippen LogP contribution in [0.2, 0.25) is 10.0 Å². The highest BCUT2D eigenvalue weighted by molar-refractivity contribution is 6.30. The number of morpholine rings is 1. The smallest absolute Gasteiger partial charge is 0.253 e. The largest absolute Gasteiger partial charge is 0.368 e. The number of nitrogens with two attached hydrogens (primary N) is 1. The number of hydrogen-bond donors (Lipinski definition) is 1. The molecule has 1 fully saturated rings. The number of benzene rings is 2. The summed E-state index contributed by atoms with van der Waals surface area (Å²) in [5.74, 6) is -0.814. The molecule has 31 heavy (non-hydrogen) atoms. The number of primary amides is 1. The topological polar surface area (TPSA) is 72.6 Å². The molecule has 0 unspecified atom stereocenters. The van der Waals surface area contributed by atoms with Crippen LogP contribution >= 0.6 is 23.2 Å². The molecule has 2 N–H and O–H groups in total. The van der Waals surface area contributed by atoms with Gasteiger partial charge in [-0.15, -0.1) is 6.58 Å². The molecule has 3 rings (SSSR count). The van der Waals surface area contributed by atoms with E-state index < -0.39 is 30.2 Å². The Morgan fingerprint density at radius 2 is 1.68 bits per heavy atom. The van der Waals surface area contributed by atoms with Crippen molar-refractivity contribution in [3.05, 3.63) is 82.4 Å². The lowest BCUT2D eigenvalue weighted by Crippen LogP contribution is -2.58. The number of carbonyl (C=O) groups excluding carboxylic acids is 2. The van der Waals surface area contributed by atoms with Crippen molar-refractivity contribution in [3.63, 3.8) is 0 Å². The minimum atomic E-state index is -0.763. The summed E-state index contributed by atoms with van der Waals surface area (Å²) in [4.78, 5) is 27.6. The predicted octanol–water partition coefficient (Wildman–Crippen LogP) is 5.23. The molecule has 0 bridgehead atoms. The van der Waals surface area contributed by atoms with Crippen LogP contribution in [0.1, 0.15) is 49.5 Å². The van der Waals surface area contributed by atoms with Crippen molar-refractivity contribution in [2.24, 2.45) is 5.73 Å². The first-order chi connectivity index (χ1) is 14.9. The molecular weight excluding hydrogens is 435 g/mol. The standard InChI is InChI=1S/C24H26Cl2N2O3/c1-3-5-19(23(27)29)28-21(15-7-11-17(25)12-8-15)22(16-9-13-18(26)14-10-16)31-20(6-4-2)24(28)30/h4,7-14,19-22H,2-3,5-6H2,1H3,(H2,27,29)/t19-,20-,21+,22-/m1/s1. The van der Waals surface area contributed by atoms with Crippen LogP contribution in [0, 0.1) is 0 Å². The summed E-state index contributed by atoms with van der Waals surface area (Å²) in [6, 6.07) is 13.2. The fourth-order valence-corrected chi connectivity index (χ4v) is 4.27. The number of halogens is 2. The maximum absolute atomic E-state index is 13.5. The van der Waals surface area contributed by atoms with Gasteiger partial charge in [-0.2, -0.15) is 0 Å². The van der Waals surface area contributed by atoms with E-state index in [1.54, 1.807) is 35.2 Å². The van der Waals surface area contributed by atoms with Crippen LogP contribution in [-0.4, -0.2) is 28.9 Å². The van der Waals surface area contributed by atoms with Crippen LogP contribution in [-0.2, 0) is 14.3 Å². The Hall–Kier alpha value is -2.34. The van der Waals surface area contributed by atoms with Gasteiger partial charge in [0.05, 0.1) is 6.04 Å². The summed E-state index contributed by atoms with van der Waals surface area (Å²) in [7, 11) is 0. The molecule has 1 saturated heterocycles. The van der Waals surface area contributed by atoms with E-state index in [1.807, 2.05) is 31.2 Å². The normalized spacial score (nSPS) is 22.2. The average molecular weight is 461 g/mol. The zero-order valence-corrected chi connectivity index (χ0v) is 18.9. The Morgan fingerprint density at radius 3 is 2.16 bits per heavy atom. The van der Waals surface area contributed by atoms with Gasteiger partial charge in [-0.05, 0) is 41.8 Å². The Labute approximate surface area is 192 Å². The maximum atomic E-state index is 13.5. The quantitative estimate of drug-likeness (QED) is 0.547. The van der Waals surface area contributed by atoms with Crippen molar-refractivity contribution >= 4 is 35.0 Å². The van der Waals surface area contributed by atoms with Gasteiger partial charge in [-0.3, -0.25) is 9.59 Å². The fourth-order valence-electron chi connectivity index (χ4n) is 4.01. The monoisotopic (exact) mass is 460 g/mol. The molecule has 4 atom stereocenters. The summed E-state index contributed by atoms with van der Waals surface area (Å²) in [6.07, 6.45) is 1.83. The third-order valence-corrected chi connectivity index (χ3v) is 5.95. The number of amides is 2. The van der Waals surface area contributed by atoms with E-state index in [1.165, 1.54) is 0 Å². The molecule has 1 aliphatic rings. The number of ether oxygens (including phenoxy) is 1. The van der Waals surface area contributed by atoms with E-state index in [4.69, 9.17) is 33.7 Å². The van der Waals surface area contributed by atoms with E-state index >= 15 is 0 Å². The lowest BCUT2D eigenvalue weighted by Gasteiger charge is -2.47. The van der Waals surface area contributed by atoms with Crippen LogP contribution in [0.15, 0.2) is 61.2 Å². The van der Waals surface area contributed by atoms with Gasteiger partial charge < -0.3 is 15.4 Å². The molecule has 1 aliphatic heterocycles. The third-order valence-electron chi connectivity index (χ3n) is 5.44. The van der Waals surface area contributed by atoms with Crippen molar-refractivity contribution in [1.82, 2.24) is 4.90 Å². The summed E-state index contributed by atoms with van der Waals surface area (Å²) < 4.78 is 6.31. The lowest BCUT2D eigenvalue weighted by atomic mass is 9.89. The predicted molar refractivity (Wildman–Crippen MR) is 123 cm³/mol. The van der Waals surface area contributed by atoms with Crippen molar-refractivity contribution in [3.8, 4) is 0 Å². The summed E-state index contributed by atoms with van der Waals surface area (Å²) >= 11 is 12.2. The second-order valence-electron chi connectivity index (χ2n) is 7.57. The second kappa shape index (κ2) is 10.3. The molecular formula is C24H26Cl2N2O3. The zero-order chi connectivity index (χ0) is 22.5. The van der Waals surface area contributed by atoms with Gasteiger partial charge in [0, 0.05) is 16.5 Å². The van der Waals surface area contributed by atoms with Crippen LogP contribution in [0.4, 0.5) is 0 Å². The molecule has 0 saturated carbocycles. The van der Waals surface area contributed by atoms with Gasteiger partial charge in [0.25, 0.3) is 5.91 Å². The SMILES string of the molecule is C=CC[C@H]1O[C@H](c2ccc(Cl)cc2)[C@H](c2ccc(Cl)cc2)N([C@H](CCC)C(N)=O)C1=O. The summed E-state index contributed by atoms with van der Waals surface area (Å²) in [6.45, 7) is 5.71. The van der Waals surface area contributed by atoms with Gasteiger partial charge in [0.15, 0.2) is 0 Å². The first-order valence-electron chi connectivity index (χ1n) is 10.3. The molecule has 2 aromatic carbocycles. The fraction of sp³-hybridized carbons (Fsp3) is 0.333. The van der Waals surface area contributed by atoms with Crippen molar-refractivity contribution in [1.29, 1.82) is 0 Å². The van der Waals surface area contributed by atoms with Crippen LogP contribution in [0.25, 0.3) is 0 Å². The molecule has 2 aromatic rings. The zero-order valence-electron chi connectivity index (χ0n) is 17.3. The first-order valence-corrected chi connectivity index (χ1v) is 11.0. The van der Waals surface area contributed by atoms with Gasteiger partial charge in [0.1, 0.15) is 18.2 Å². The Kier molecular flexibility index (Phi) is 7.76. The van der Waals surface area contributed by atoms with Crippen molar-refractivity contribution < 1.29 is 14.3 Å². The summed E-state index contributed by atoms with van der Waals surface area (Å²) in [5, 5.41) is 1.17. The number of nitrogens with zero attached hydrogens (tertiary/aromatic N) is 1. The Balaban J connectivity index is 2.18. The molecule has 0 aliphatic carbocycles. The molecule has 5 nitrogen and oxygen atoms in total. The minimum Gasteiger partial charge on any atom is -0.368 e. The summed E-state index contributed by atoms with van der Waals surface area (Å²) in [5.41, 5.74) is 7.42. The van der Waals surface area contributed by atoms with E-state index in [0.717, 1.165) is 11.1 Å². The highest BCUT2D eigenvalue weighted by atomic mass is 35.5. The second-order valence-corrected chi connectivity index (χ2v) is 8.44. The van der Waals surface area contributed by atoms with Crippen LogP contribution in [0.5, 0.6) is 0 Å². The van der Waals surface area contributed by atoms with Gasteiger partial charge in [-0.1, -0.05) is 66.9 Å². The Morgan fingerprint density at radius 1 is 1.13 bits per heavy atom. The molecule has 0 radical (unpaired) electrons.